The van der Waals surface area contributed by atoms with Crippen molar-refractivity contribution in [2.24, 2.45) is 5.73 Å². The first-order valence-corrected chi connectivity index (χ1v) is 6.48. The van der Waals surface area contributed by atoms with Gasteiger partial charge in [-0.2, -0.15) is 0 Å². The Morgan fingerprint density at radius 3 is 2.67 bits per heavy atom. The third kappa shape index (κ3) is 3.68. The molecular weight excluding hydrogens is 231 g/mol. The van der Waals surface area contributed by atoms with Gasteiger partial charge in [-0.1, -0.05) is 6.07 Å². The standard InChI is InChI=1S/C14H23FN2O/c1-4-17(9-10-18-5-2)13-8-6-7-12(15)14(13)11(3)16/h6-8,11H,4-5,9-10,16H2,1-3H3. The Morgan fingerprint density at radius 2 is 2.11 bits per heavy atom. The average molecular weight is 254 g/mol. The second-order valence-corrected chi connectivity index (χ2v) is 4.24. The van der Waals surface area contributed by atoms with Crippen molar-refractivity contribution in [1.82, 2.24) is 0 Å². The molecule has 0 saturated carbocycles. The third-order valence-corrected chi connectivity index (χ3v) is 2.92. The molecule has 0 aliphatic rings. The van der Waals surface area contributed by atoms with Gasteiger partial charge < -0.3 is 15.4 Å². The lowest BCUT2D eigenvalue weighted by molar-refractivity contribution is 0.154. The first-order valence-electron chi connectivity index (χ1n) is 6.48. The lowest BCUT2D eigenvalue weighted by atomic mass is 10.0. The fraction of sp³-hybridized carbons (Fsp3) is 0.571. The molecule has 3 nitrogen and oxygen atoms in total. The van der Waals surface area contributed by atoms with E-state index in [0.717, 1.165) is 18.8 Å². The van der Waals surface area contributed by atoms with Gasteiger partial charge >= 0.3 is 0 Å². The molecule has 0 radical (unpaired) electrons. The number of ether oxygens (including phenoxy) is 1. The first-order chi connectivity index (χ1) is 8.61. The number of hydrogen-bond acceptors (Lipinski definition) is 3. The SMILES string of the molecule is CCOCCN(CC)c1cccc(F)c1C(C)N. The molecule has 0 aromatic heterocycles. The van der Waals surface area contributed by atoms with Crippen LogP contribution in [0, 0.1) is 5.82 Å². The molecule has 0 saturated heterocycles. The highest BCUT2D eigenvalue weighted by Gasteiger charge is 2.16. The molecule has 1 aromatic carbocycles. The molecule has 0 aliphatic carbocycles. The van der Waals surface area contributed by atoms with E-state index < -0.39 is 0 Å². The highest BCUT2D eigenvalue weighted by Crippen LogP contribution is 2.27. The quantitative estimate of drug-likeness (QED) is 0.760. The Morgan fingerprint density at radius 1 is 1.39 bits per heavy atom. The number of anilines is 1. The minimum atomic E-state index is -0.317. The van der Waals surface area contributed by atoms with Crippen molar-refractivity contribution in [2.75, 3.05) is 31.2 Å². The summed E-state index contributed by atoms with van der Waals surface area (Å²) < 4.78 is 19.2. The summed E-state index contributed by atoms with van der Waals surface area (Å²) >= 11 is 0. The summed E-state index contributed by atoms with van der Waals surface area (Å²) in [7, 11) is 0. The van der Waals surface area contributed by atoms with E-state index in [1.165, 1.54) is 6.07 Å². The summed E-state index contributed by atoms with van der Waals surface area (Å²) in [6.45, 7) is 8.69. The summed E-state index contributed by atoms with van der Waals surface area (Å²) in [5, 5.41) is 0. The summed E-state index contributed by atoms with van der Waals surface area (Å²) in [4.78, 5) is 2.09. The Labute approximate surface area is 109 Å². The fourth-order valence-electron chi connectivity index (χ4n) is 2.02. The molecule has 0 amide bonds. The van der Waals surface area contributed by atoms with Crippen molar-refractivity contribution in [3.63, 3.8) is 0 Å². The van der Waals surface area contributed by atoms with Gasteiger partial charge in [0.05, 0.1) is 6.61 Å². The van der Waals surface area contributed by atoms with E-state index in [2.05, 4.69) is 4.90 Å². The molecule has 0 fully saturated rings. The Balaban J connectivity index is 2.94. The van der Waals surface area contributed by atoms with Crippen LogP contribution in [0.3, 0.4) is 0 Å². The molecule has 1 rings (SSSR count). The number of nitrogens with two attached hydrogens (primary N) is 1. The first kappa shape index (κ1) is 14.9. The van der Waals surface area contributed by atoms with Gasteiger partial charge in [-0.25, -0.2) is 4.39 Å². The van der Waals surface area contributed by atoms with Crippen molar-refractivity contribution in [1.29, 1.82) is 0 Å². The predicted molar refractivity (Wildman–Crippen MR) is 73.4 cm³/mol. The van der Waals surface area contributed by atoms with Crippen LogP contribution in [-0.4, -0.2) is 26.3 Å². The van der Waals surface area contributed by atoms with Gasteiger partial charge in [-0.05, 0) is 32.9 Å². The predicted octanol–water partition coefficient (Wildman–Crippen LogP) is 2.71. The topological polar surface area (TPSA) is 38.5 Å². The molecular formula is C14H23FN2O. The zero-order valence-electron chi connectivity index (χ0n) is 11.4. The normalized spacial score (nSPS) is 12.5. The second-order valence-electron chi connectivity index (χ2n) is 4.24. The maximum absolute atomic E-state index is 13.8. The van der Waals surface area contributed by atoms with Crippen LogP contribution in [0.15, 0.2) is 18.2 Å². The minimum absolute atomic E-state index is 0.239. The van der Waals surface area contributed by atoms with Crippen LogP contribution < -0.4 is 10.6 Å². The van der Waals surface area contributed by atoms with Gasteiger partial charge in [-0.15, -0.1) is 0 Å². The molecule has 0 bridgehead atoms. The minimum Gasteiger partial charge on any atom is -0.380 e. The Kier molecular flexibility index (Phi) is 6.09. The van der Waals surface area contributed by atoms with Gasteiger partial charge in [0.1, 0.15) is 5.82 Å². The summed E-state index contributed by atoms with van der Waals surface area (Å²) in [6, 6.07) is 4.78. The lowest BCUT2D eigenvalue weighted by Gasteiger charge is -2.27. The second kappa shape index (κ2) is 7.34. The maximum atomic E-state index is 13.8. The number of hydrogen-bond donors (Lipinski definition) is 1. The molecule has 0 heterocycles. The molecule has 4 heteroatoms. The van der Waals surface area contributed by atoms with Crippen LogP contribution >= 0.6 is 0 Å². The summed E-state index contributed by atoms with van der Waals surface area (Å²) in [5.41, 5.74) is 7.31. The summed E-state index contributed by atoms with van der Waals surface area (Å²) in [5.74, 6) is -0.239. The van der Waals surface area contributed by atoms with Gasteiger partial charge in [0.15, 0.2) is 0 Å². The highest BCUT2D eigenvalue weighted by molar-refractivity contribution is 5.55. The molecule has 102 valence electrons. The maximum Gasteiger partial charge on any atom is 0.130 e. The molecule has 0 spiro atoms. The van der Waals surface area contributed by atoms with E-state index in [9.17, 15) is 4.39 Å². The Bertz CT molecular complexity index is 369. The smallest absolute Gasteiger partial charge is 0.130 e. The average Bonchev–Trinajstić information content (AvgIpc) is 2.34. The number of likely N-dealkylation sites (N-methyl/N-ethyl adjacent to an activating group) is 1. The van der Waals surface area contributed by atoms with Crippen molar-refractivity contribution in [2.45, 2.75) is 26.8 Å². The van der Waals surface area contributed by atoms with Crippen LogP contribution in [0.2, 0.25) is 0 Å². The third-order valence-electron chi connectivity index (χ3n) is 2.92. The zero-order valence-corrected chi connectivity index (χ0v) is 11.4. The lowest BCUT2D eigenvalue weighted by Crippen LogP contribution is -2.29. The van der Waals surface area contributed by atoms with Crippen LogP contribution in [-0.2, 0) is 4.74 Å². The molecule has 1 atom stereocenters. The largest absolute Gasteiger partial charge is 0.380 e. The van der Waals surface area contributed by atoms with Gasteiger partial charge in [-0.3, -0.25) is 0 Å². The fourth-order valence-corrected chi connectivity index (χ4v) is 2.02. The van der Waals surface area contributed by atoms with Crippen LogP contribution in [0.1, 0.15) is 32.4 Å². The van der Waals surface area contributed by atoms with Gasteiger partial charge in [0.25, 0.3) is 0 Å². The van der Waals surface area contributed by atoms with Crippen LogP contribution in [0.5, 0.6) is 0 Å². The van der Waals surface area contributed by atoms with Crippen LogP contribution in [0.4, 0.5) is 10.1 Å². The van der Waals surface area contributed by atoms with Gasteiger partial charge in [0, 0.05) is 37.0 Å². The number of benzene rings is 1. The van der Waals surface area contributed by atoms with E-state index in [0.29, 0.717) is 18.8 Å². The molecule has 1 unspecified atom stereocenters. The van der Waals surface area contributed by atoms with E-state index in [-0.39, 0.29) is 11.9 Å². The molecule has 2 N–H and O–H groups in total. The van der Waals surface area contributed by atoms with Crippen molar-refractivity contribution < 1.29 is 9.13 Å². The zero-order chi connectivity index (χ0) is 13.5. The van der Waals surface area contributed by atoms with E-state index in [4.69, 9.17) is 10.5 Å². The van der Waals surface area contributed by atoms with Crippen molar-refractivity contribution in [3.8, 4) is 0 Å². The highest BCUT2D eigenvalue weighted by atomic mass is 19.1. The van der Waals surface area contributed by atoms with E-state index in [1.807, 2.05) is 19.9 Å². The number of halogens is 1. The van der Waals surface area contributed by atoms with Gasteiger partial charge in [0.2, 0.25) is 0 Å². The van der Waals surface area contributed by atoms with Crippen molar-refractivity contribution >= 4 is 5.69 Å². The monoisotopic (exact) mass is 254 g/mol. The van der Waals surface area contributed by atoms with E-state index in [1.54, 1.807) is 13.0 Å². The van der Waals surface area contributed by atoms with Crippen molar-refractivity contribution in [3.05, 3.63) is 29.6 Å². The Hall–Kier alpha value is -1.13. The number of nitrogens with zero attached hydrogens (tertiary/aromatic N) is 1. The molecule has 0 aliphatic heterocycles. The molecule has 1 aromatic rings. The molecule has 18 heavy (non-hydrogen) atoms. The van der Waals surface area contributed by atoms with Crippen LogP contribution in [0.25, 0.3) is 0 Å². The summed E-state index contributed by atoms with van der Waals surface area (Å²) in [6.07, 6.45) is 0. The van der Waals surface area contributed by atoms with E-state index >= 15 is 0 Å². The number of rotatable bonds is 7.